The maximum Gasteiger partial charge on any atom is 0.233 e. The third kappa shape index (κ3) is 4.26. The van der Waals surface area contributed by atoms with Crippen LogP contribution in [0, 0.1) is 13.8 Å². The first-order chi connectivity index (χ1) is 12.0. The van der Waals surface area contributed by atoms with E-state index in [2.05, 4.69) is 32.8 Å². The van der Waals surface area contributed by atoms with E-state index < -0.39 is 0 Å². The Hall–Kier alpha value is -2.19. The number of amides is 1. The maximum absolute atomic E-state index is 12.5. The lowest BCUT2D eigenvalue weighted by Crippen LogP contribution is -2.19. The minimum atomic E-state index is -0.365. The molecule has 0 aliphatic heterocycles. The van der Waals surface area contributed by atoms with Gasteiger partial charge in [0.05, 0.1) is 11.6 Å². The summed E-state index contributed by atoms with van der Waals surface area (Å²) < 4.78 is 5.96. The summed E-state index contributed by atoms with van der Waals surface area (Å²) in [5.74, 6) is 0.969. The Kier molecular flexibility index (Phi) is 5.50. The summed E-state index contributed by atoms with van der Waals surface area (Å²) in [5, 5.41) is 15.4. The second kappa shape index (κ2) is 7.79. The SMILES string of the molecule is Cc1noc(C)c1C(C)C(=O)Nc1nnc(SCc2ccccc2)s1. The van der Waals surface area contributed by atoms with Crippen molar-refractivity contribution in [3.8, 4) is 0 Å². The number of carbonyl (C=O) groups excluding carboxylic acids is 1. The maximum atomic E-state index is 12.5. The van der Waals surface area contributed by atoms with Crippen molar-refractivity contribution >= 4 is 34.1 Å². The number of hydrogen-bond donors (Lipinski definition) is 1. The standard InChI is InChI=1S/C17H18N4O2S2/c1-10(14-11(2)21-23-12(14)3)15(22)18-16-19-20-17(25-16)24-9-13-7-5-4-6-8-13/h4-8,10H,9H2,1-3H3,(H,18,19,22). The highest BCUT2D eigenvalue weighted by atomic mass is 32.2. The van der Waals surface area contributed by atoms with E-state index in [1.807, 2.05) is 39.0 Å². The first kappa shape index (κ1) is 17.6. The van der Waals surface area contributed by atoms with Gasteiger partial charge in [-0.2, -0.15) is 0 Å². The van der Waals surface area contributed by atoms with E-state index in [0.717, 1.165) is 21.3 Å². The number of carbonyl (C=O) groups is 1. The summed E-state index contributed by atoms with van der Waals surface area (Å²) in [5.41, 5.74) is 2.78. The zero-order valence-corrected chi connectivity index (χ0v) is 15.8. The number of nitrogens with zero attached hydrogens (tertiary/aromatic N) is 3. The molecule has 8 heteroatoms. The number of rotatable bonds is 6. The molecule has 3 aromatic rings. The molecule has 0 aliphatic carbocycles. The van der Waals surface area contributed by atoms with Crippen LogP contribution in [0.1, 0.15) is 35.4 Å². The van der Waals surface area contributed by atoms with Gasteiger partial charge in [0, 0.05) is 11.3 Å². The summed E-state index contributed by atoms with van der Waals surface area (Å²) in [6.45, 7) is 5.47. The molecule has 2 aromatic heterocycles. The molecule has 0 saturated carbocycles. The molecule has 3 rings (SSSR count). The van der Waals surface area contributed by atoms with E-state index in [0.29, 0.717) is 10.9 Å². The number of aryl methyl sites for hydroxylation is 2. The number of benzene rings is 1. The average Bonchev–Trinajstić information content (AvgIpc) is 3.19. The monoisotopic (exact) mass is 374 g/mol. The lowest BCUT2D eigenvalue weighted by atomic mass is 9.99. The molecule has 2 heterocycles. The summed E-state index contributed by atoms with van der Waals surface area (Å²) in [6.07, 6.45) is 0. The highest BCUT2D eigenvalue weighted by Gasteiger charge is 2.23. The number of aromatic nitrogens is 3. The van der Waals surface area contributed by atoms with E-state index in [1.54, 1.807) is 11.8 Å². The summed E-state index contributed by atoms with van der Waals surface area (Å²) in [6, 6.07) is 10.2. The van der Waals surface area contributed by atoms with Crippen molar-refractivity contribution in [2.24, 2.45) is 0 Å². The molecule has 130 valence electrons. The highest BCUT2D eigenvalue weighted by molar-refractivity contribution is 8.00. The molecule has 0 saturated heterocycles. The Morgan fingerprint density at radius 2 is 2.04 bits per heavy atom. The van der Waals surface area contributed by atoms with Crippen LogP contribution in [0.3, 0.4) is 0 Å². The van der Waals surface area contributed by atoms with Gasteiger partial charge < -0.3 is 4.52 Å². The predicted molar refractivity (Wildman–Crippen MR) is 98.9 cm³/mol. The van der Waals surface area contributed by atoms with Gasteiger partial charge in [0.1, 0.15) is 5.76 Å². The van der Waals surface area contributed by atoms with Gasteiger partial charge >= 0.3 is 0 Å². The average molecular weight is 374 g/mol. The molecule has 0 fully saturated rings. The Labute approximate surface area is 154 Å². The Bertz CT molecular complexity index is 841. The van der Waals surface area contributed by atoms with Crippen molar-refractivity contribution in [1.82, 2.24) is 15.4 Å². The fourth-order valence-electron chi connectivity index (χ4n) is 2.49. The fourth-order valence-corrected chi connectivity index (χ4v) is 4.20. The molecule has 25 heavy (non-hydrogen) atoms. The molecule has 1 unspecified atom stereocenters. The van der Waals surface area contributed by atoms with Gasteiger partial charge in [-0.1, -0.05) is 58.6 Å². The number of anilines is 1. The van der Waals surface area contributed by atoms with Crippen LogP contribution in [0.25, 0.3) is 0 Å². The van der Waals surface area contributed by atoms with Crippen LogP contribution in [-0.2, 0) is 10.5 Å². The van der Waals surface area contributed by atoms with Crippen LogP contribution in [0.5, 0.6) is 0 Å². The second-order valence-electron chi connectivity index (χ2n) is 5.60. The van der Waals surface area contributed by atoms with E-state index in [1.165, 1.54) is 16.9 Å². The lowest BCUT2D eigenvalue weighted by molar-refractivity contribution is -0.117. The molecule has 6 nitrogen and oxygen atoms in total. The van der Waals surface area contributed by atoms with E-state index in [-0.39, 0.29) is 11.8 Å². The van der Waals surface area contributed by atoms with E-state index >= 15 is 0 Å². The predicted octanol–water partition coefficient (Wildman–Crippen LogP) is 4.18. The Morgan fingerprint density at radius 1 is 1.28 bits per heavy atom. The van der Waals surface area contributed by atoms with Crippen LogP contribution < -0.4 is 5.32 Å². The minimum Gasteiger partial charge on any atom is -0.361 e. The van der Waals surface area contributed by atoms with Gasteiger partial charge in [-0.3, -0.25) is 10.1 Å². The summed E-state index contributed by atoms with van der Waals surface area (Å²) in [4.78, 5) is 12.5. The molecule has 1 atom stereocenters. The first-order valence-electron chi connectivity index (χ1n) is 7.78. The van der Waals surface area contributed by atoms with E-state index in [4.69, 9.17) is 4.52 Å². The van der Waals surface area contributed by atoms with Gasteiger partial charge in [-0.25, -0.2) is 0 Å². The van der Waals surface area contributed by atoms with Gasteiger partial charge in [0.25, 0.3) is 0 Å². The van der Waals surface area contributed by atoms with Gasteiger partial charge in [0.15, 0.2) is 4.34 Å². The van der Waals surface area contributed by atoms with Crippen molar-refractivity contribution in [3.05, 3.63) is 52.9 Å². The zero-order valence-electron chi connectivity index (χ0n) is 14.1. The van der Waals surface area contributed by atoms with Crippen LogP contribution in [-0.4, -0.2) is 21.3 Å². The molecule has 1 N–H and O–H groups in total. The second-order valence-corrected chi connectivity index (χ2v) is 7.80. The van der Waals surface area contributed by atoms with Gasteiger partial charge in [-0.15, -0.1) is 10.2 Å². The molecule has 1 aromatic carbocycles. The number of thioether (sulfide) groups is 1. The largest absolute Gasteiger partial charge is 0.361 e. The molecule has 1 amide bonds. The first-order valence-corrected chi connectivity index (χ1v) is 9.58. The Morgan fingerprint density at radius 3 is 2.72 bits per heavy atom. The van der Waals surface area contributed by atoms with Crippen molar-refractivity contribution in [2.75, 3.05) is 5.32 Å². The third-order valence-electron chi connectivity index (χ3n) is 3.76. The lowest BCUT2D eigenvalue weighted by Gasteiger charge is -2.09. The van der Waals surface area contributed by atoms with Gasteiger partial charge in [-0.05, 0) is 26.3 Å². The molecule has 0 aliphatic rings. The van der Waals surface area contributed by atoms with E-state index in [9.17, 15) is 4.79 Å². The van der Waals surface area contributed by atoms with Crippen LogP contribution in [0.4, 0.5) is 5.13 Å². The van der Waals surface area contributed by atoms with Crippen LogP contribution in [0.15, 0.2) is 39.2 Å². The number of nitrogens with one attached hydrogen (secondary N) is 1. The quantitative estimate of drug-likeness (QED) is 0.515. The van der Waals surface area contributed by atoms with Crippen molar-refractivity contribution in [2.45, 2.75) is 36.8 Å². The van der Waals surface area contributed by atoms with Crippen LogP contribution in [0.2, 0.25) is 0 Å². The van der Waals surface area contributed by atoms with Crippen molar-refractivity contribution < 1.29 is 9.32 Å². The molecular formula is C17H18N4O2S2. The smallest absolute Gasteiger partial charge is 0.233 e. The minimum absolute atomic E-state index is 0.148. The molecule has 0 radical (unpaired) electrons. The zero-order chi connectivity index (χ0) is 17.8. The summed E-state index contributed by atoms with van der Waals surface area (Å²) in [7, 11) is 0. The van der Waals surface area contributed by atoms with Gasteiger partial charge in [0.2, 0.25) is 11.0 Å². The van der Waals surface area contributed by atoms with Crippen molar-refractivity contribution in [1.29, 1.82) is 0 Å². The fraction of sp³-hybridized carbons (Fsp3) is 0.294. The molecule has 0 bridgehead atoms. The molecule has 0 spiro atoms. The number of hydrogen-bond acceptors (Lipinski definition) is 7. The van der Waals surface area contributed by atoms with Crippen molar-refractivity contribution in [3.63, 3.8) is 0 Å². The third-order valence-corrected chi connectivity index (χ3v) is 5.80. The Balaban J connectivity index is 1.60. The topological polar surface area (TPSA) is 80.9 Å². The normalized spacial score (nSPS) is 12.1. The molecular weight excluding hydrogens is 356 g/mol. The summed E-state index contributed by atoms with van der Waals surface area (Å²) >= 11 is 2.97. The van der Waals surface area contributed by atoms with Crippen LogP contribution >= 0.6 is 23.1 Å². The highest BCUT2D eigenvalue weighted by Crippen LogP contribution is 2.29.